The molecule has 0 bridgehead atoms. The Labute approximate surface area is 174 Å². The van der Waals surface area contributed by atoms with Gasteiger partial charge in [0.1, 0.15) is 5.82 Å². The minimum Gasteiger partial charge on any atom is -0.454 e. The Hall–Kier alpha value is -2.93. The zero-order chi connectivity index (χ0) is 20.5. The normalized spacial score (nSPS) is 21.0. The molecule has 2 aromatic carbocycles. The highest BCUT2D eigenvalue weighted by Crippen LogP contribution is 2.39. The van der Waals surface area contributed by atoms with Crippen molar-refractivity contribution in [3.8, 4) is 11.5 Å². The number of amides is 1. The van der Waals surface area contributed by atoms with E-state index in [1.54, 1.807) is 17.1 Å². The van der Waals surface area contributed by atoms with Crippen molar-refractivity contribution in [1.29, 1.82) is 0 Å². The average Bonchev–Trinajstić information content (AvgIpc) is 3.42. The van der Waals surface area contributed by atoms with Gasteiger partial charge in [-0.2, -0.15) is 5.10 Å². The lowest BCUT2D eigenvalue weighted by molar-refractivity contribution is -0.134. The molecule has 1 amide bonds. The van der Waals surface area contributed by atoms with Crippen molar-refractivity contribution in [3.05, 3.63) is 59.4 Å². The molecular weight excluding hydrogens is 385 g/mol. The number of nitrogens with zero attached hydrogens (tertiary/aromatic N) is 3. The Kier molecular flexibility index (Phi) is 5.12. The van der Waals surface area contributed by atoms with Crippen molar-refractivity contribution in [2.45, 2.75) is 31.7 Å². The van der Waals surface area contributed by atoms with Crippen LogP contribution in [0.5, 0.6) is 11.5 Å². The van der Waals surface area contributed by atoms with Crippen molar-refractivity contribution in [2.24, 2.45) is 5.10 Å². The summed E-state index contributed by atoms with van der Waals surface area (Å²) in [5.74, 6) is 1.09. The van der Waals surface area contributed by atoms with Gasteiger partial charge in [0.2, 0.25) is 6.79 Å². The van der Waals surface area contributed by atoms with Crippen molar-refractivity contribution < 1.29 is 18.7 Å². The van der Waals surface area contributed by atoms with Gasteiger partial charge in [0.15, 0.2) is 11.5 Å². The molecule has 3 heterocycles. The van der Waals surface area contributed by atoms with E-state index in [9.17, 15) is 9.18 Å². The summed E-state index contributed by atoms with van der Waals surface area (Å²) in [5, 5.41) is 6.29. The van der Waals surface area contributed by atoms with Crippen LogP contribution in [-0.2, 0) is 4.79 Å². The summed E-state index contributed by atoms with van der Waals surface area (Å²) >= 11 is 0. The molecule has 5 rings (SSSR count). The number of rotatable bonds is 4. The van der Waals surface area contributed by atoms with Crippen LogP contribution in [0.2, 0.25) is 0 Å². The maximum absolute atomic E-state index is 13.4. The minimum absolute atomic E-state index is 0.0170. The molecule has 7 heteroatoms. The molecule has 6 nitrogen and oxygen atoms in total. The van der Waals surface area contributed by atoms with Gasteiger partial charge in [0.05, 0.1) is 18.3 Å². The van der Waals surface area contributed by atoms with E-state index in [1.807, 2.05) is 18.2 Å². The van der Waals surface area contributed by atoms with E-state index in [4.69, 9.17) is 9.47 Å². The minimum atomic E-state index is -0.289. The van der Waals surface area contributed by atoms with Gasteiger partial charge >= 0.3 is 0 Å². The van der Waals surface area contributed by atoms with Crippen molar-refractivity contribution in [3.63, 3.8) is 0 Å². The first-order valence-corrected chi connectivity index (χ1v) is 10.4. The zero-order valence-corrected chi connectivity index (χ0v) is 16.7. The third kappa shape index (κ3) is 3.77. The Morgan fingerprint density at radius 1 is 1.03 bits per heavy atom. The molecule has 1 saturated heterocycles. The molecule has 0 radical (unpaired) electrons. The number of hydrazone groups is 1. The number of likely N-dealkylation sites (tertiary alicyclic amines) is 1. The molecular formula is C23H24FN3O3. The van der Waals surface area contributed by atoms with Crippen LogP contribution in [0.1, 0.15) is 42.9 Å². The lowest BCUT2D eigenvalue weighted by Crippen LogP contribution is -2.40. The van der Waals surface area contributed by atoms with Gasteiger partial charge in [-0.3, -0.25) is 9.69 Å². The fourth-order valence-corrected chi connectivity index (χ4v) is 4.32. The first kappa shape index (κ1) is 19.1. The number of hydrogen-bond donors (Lipinski definition) is 0. The number of piperidine rings is 1. The van der Waals surface area contributed by atoms with Gasteiger partial charge in [-0.1, -0.05) is 24.6 Å². The van der Waals surface area contributed by atoms with Gasteiger partial charge < -0.3 is 9.47 Å². The predicted molar refractivity (Wildman–Crippen MR) is 110 cm³/mol. The summed E-state index contributed by atoms with van der Waals surface area (Å²) < 4.78 is 24.3. The molecule has 30 heavy (non-hydrogen) atoms. The highest BCUT2D eigenvalue weighted by molar-refractivity contribution is 6.03. The van der Waals surface area contributed by atoms with E-state index >= 15 is 0 Å². The highest BCUT2D eigenvalue weighted by atomic mass is 19.1. The standard InChI is InChI=1S/C23H24FN3O3/c24-18-7-4-16(5-8-18)19-13-20(17-6-9-21-22(12-17)30-15-29-21)27(25-19)23(28)14-26-10-2-1-3-11-26/h4-9,12,20H,1-3,10-11,13-15H2/t20-/m1/s1. The number of hydrogen-bond acceptors (Lipinski definition) is 5. The molecule has 3 aliphatic rings. The highest BCUT2D eigenvalue weighted by Gasteiger charge is 2.34. The van der Waals surface area contributed by atoms with E-state index in [0.717, 1.165) is 42.8 Å². The Morgan fingerprint density at radius 3 is 2.60 bits per heavy atom. The van der Waals surface area contributed by atoms with Crippen LogP contribution in [0.15, 0.2) is 47.6 Å². The molecule has 3 aliphatic heterocycles. The van der Waals surface area contributed by atoms with Crippen molar-refractivity contribution in [1.82, 2.24) is 9.91 Å². The summed E-state index contributed by atoms with van der Waals surface area (Å²) in [6.45, 7) is 2.46. The lowest BCUT2D eigenvalue weighted by atomic mass is 9.98. The molecule has 0 saturated carbocycles. The second-order valence-corrected chi connectivity index (χ2v) is 7.96. The second-order valence-electron chi connectivity index (χ2n) is 7.96. The fraction of sp³-hybridized carbons (Fsp3) is 0.391. The van der Waals surface area contributed by atoms with E-state index < -0.39 is 0 Å². The van der Waals surface area contributed by atoms with E-state index in [-0.39, 0.29) is 24.6 Å². The molecule has 0 spiro atoms. The summed E-state index contributed by atoms with van der Waals surface area (Å²) in [5.41, 5.74) is 2.56. The number of carbonyl (C=O) groups is 1. The third-order valence-electron chi connectivity index (χ3n) is 5.93. The van der Waals surface area contributed by atoms with Crippen molar-refractivity contribution >= 4 is 11.6 Å². The van der Waals surface area contributed by atoms with Crippen LogP contribution in [0, 0.1) is 5.82 Å². The SMILES string of the molecule is O=C(CN1CCCCC1)N1N=C(c2ccc(F)cc2)C[C@@H]1c1ccc2c(c1)OCO2. The Bertz CT molecular complexity index is 970. The number of fused-ring (bicyclic) bond motifs is 1. The summed E-state index contributed by atoms with van der Waals surface area (Å²) in [6.07, 6.45) is 4.05. The van der Waals surface area contributed by atoms with Gasteiger partial charge in [-0.25, -0.2) is 9.40 Å². The molecule has 156 valence electrons. The van der Waals surface area contributed by atoms with Gasteiger partial charge in [-0.05, 0) is 61.3 Å². The Balaban J connectivity index is 1.43. The van der Waals surface area contributed by atoms with E-state index in [2.05, 4.69) is 10.0 Å². The number of carbonyl (C=O) groups excluding carboxylic acids is 1. The van der Waals surface area contributed by atoms with Crippen LogP contribution in [0.4, 0.5) is 4.39 Å². The van der Waals surface area contributed by atoms with Crippen LogP contribution >= 0.6 is 0 Å². The molecule has 0 unspecified atom stereocenters. The van der Waals surface area contributed by atoms with E-state index in [0.29, 0.717) is 24.5 Å². The third-order valence-corrected chi connectivity index (χ3v) is 5.93. The van der Waals surface area contributed by atoms with Crippen LogP contribution in [0.25, 0.3) is 0 Å². The first-order valence-electron chi connectivity index (χ1n) is 10.4. The van der Waals surface area contributed by atoms with E-state index in [1.165, 1.54) is 18.6 Å². The zero-order valence-electron chi connectivity index (χ0n) is 16.7. The van der Waals surface area contributed by atoms with Crippen LogP contribution < -0.4 is 9.47 Å². The monoisotopic (exact) mass is 409 g/mol. The predicted octanol–water partition coefficient (Wildman–Crippen LogP) is 3.72. The molecule has 1 atom stereocenters. The Morgan fingerprint density at radius 2 is 1.80 bits per heavy atom. The van der Waals surface area contributed by atoms with Gasteiger partial charge in [-0.15, -0.1) is 0 Å². The van der Waals surface area contributed by atoms with Gasteiger partial charge in [0.25, 0.3) is 5.91 Å². The molecule has 0 N–H and O–H groups in total. The molecule has 0 aliphatic carbocycles. The molecule has 1 fully saturated rings. The lowest BCUT2D eigenvalue weighted by Gasteiger charge is -2.29. The largest absolute Gasteiger partial charge is 0.454 e. The van der Waals surface area contributed by atoms with Crippen molar-refractivity contribution in [2.75, 3.05) is 26.4 Å². The fourth-order valence-electron chi connectivity index (χ4n) is 4.32. The number of halogens is 1. The number of ether oxygens (including phenoxy) is 2. The average molecular weight is 409 g/mol. The summed E-state index contributed by atoms with van der Waals surface area (Å²) in [6, 6.07) is 11.8. The summed E-state index contributed by atoms with van der Waals surface area (Å²) in [7, 11) is 0. The quantitative estimate of drug-likeness (QED) is 0.772. The van der Waals surface area contributed by atoms with Gasteiger partial charge in [0, 0.05) is 6.42 Å². The molecule has 0 aromatic heterocycles. The number of benzene rings is 2. The second kappa shape index (κ2) is 8.07. The van der Waals surface area contributed by atoms with Crippen LogP contribution in [-0.4, -0.2) is 48.0 Å². The molecule has 2 aromatic rings. The maximum Gasteiger partial charge on any atom is 0.257 e. The maximum atomic E-state index is 13.4. The van der Waals surface area contributed by atoms with Crippen LogP contribution in [0.3, 0.4) is 0 Å². The topological polar surface area (TPSA) is 54.4 Å². The smallest absolute Gasteiger partial charge is 0.257 e. The first-order chi connectivity index (χ1) is 14.7. The summed E-state index contributed by atoms with van der Waals surface area (Å²) in [4.78, 5) is 15.4.